The number of hydroxylamine groups is 2. The third-order valence-electron chi connectivity index (χ3n) is 6.99. The number of aliphatic hydroxyl groups is 4. The van der Waals surface area contributed by atoms with Crippen LogP contribution in [-0.2, 0) is 14.4 Å². The standard InChI is InChI=1S/C32H54N4O9/c1-24(27(39)21-26(38)22-28(40)30(43)31(44)35-23-29(41)42)17-13-9-5-2-3-6-10-14-18-25(37)19-15-11-7-4-8-12-16-20-36(45)32(33)34/h2-3,5-7,11,15,19,24,26-28,30,38-40,43,45H,4,8-10,12-14,16-18,20-23H2,1H3,(H3,33,34)(H,35,44)(H,41,42)/b5-2+,6-3-,11-7+,19-15-/t24-,26+,27+,28-,30+/m0/s1. The Kier molecular flexibility index (Phi) is 24.0. The molecule has 0 aromatic carbocycles. The van der Waals surface area contributed by atoms with Crippen LogP contribution in [0.15, 0.2) is 48.6 Å². The molecule has 0 rings (SSSR count). The van der Waals surface area contributed by atoms with Gasteiger partial charge >= 0.3 is 5.97 Å². The van der Waals surface area contributed by atoms with Crippen molar-refractivity contribution < 1.29 is 45.1 Å². The molecule has 45 heavy (non-hydrogen) atoms. The lowest BCUT2D eigenvalue weighted by atomic mass is 9.92. The van der Waals surface area contributed by atoms with Crippen molar-refractivity contribution in [1.29, 1.82) is 5.41 Å². The first-order valence-electron chi connectivity index (χ1n) is 15.5. The van der Waals surface area contributed by atoms with Crippen LogP contribution in [0.2, 0.25) is 0 Å². The molecule has 13 nitrogen and oxygen atoms in total. The van der Waals surface area contributed by atoms with Crippen LogP contribution in [0.4, 0.5) is 0 Å². The van der Waals surface area contributed by atoms with Crippen molar-refractivity contribution in [3.05, 3.63) is 48.6 Å². The number of guanidine groups is 1. The molecule has 0 saturated heterocycles. The minimum atomic E-state index is -1.89. The molecular weight excluding hydrogens is 584 g/mol. The second-order valence-corrected chi connectivity index (χ2v) is 11.1. The number of aliphatic carboxylic acids is 1. The number of rotatable bonds is 26. The zero-order chi connectivity index (χ0) is 34.0. The van der Waals surface area contributed by atoms with E-state index in [1.54, 1.807) is 12.2 Å². The molecule has 0 aliphatic rings. The first-order chi connectivity index (χ1) is 21.3. The first kappa shape index (κ1) is 41.6. The Morgan fingerprint density at radius 3 is 2.04 bits per heavy atom. The van der Waals surface area contributed by atoms with E-state index in [0.29, 0.717) is 19.4 Å². The van der Waals surface area contributed by atoms with Crippen molar-refractivity contribution in [3.63, 3.8) is 0 Å². The minimum Gasteiger partial charge on any atom is -0.480 e. The van der Waals surface area contributed by atoms with Crippen LogP contribution in [0.25, 0.3) is 0 Å². The lowest BCUT2D eigenvalue weighted by Crippen LogP contribution is -2.45. The van der Waals surface area contributed by atoms with Crippen LogP contribution in [0.5, 0.6) is 0 Å². The first-order valence-corrected chi connectivity index (χ1v) is 15.5. The molecule has 0 radical (unpaired) electrons. The van der Waals surface area contributed by atoms with Crippen molar-refractivity contribution in [3.8, 4) is 0 Å². The Labute approximate surface area is 266 Å². The van der Waals surface area contributed by atoms with E-state index >= 15 is 0 Å². The Morgan fingerprint density at radius 1 is 0.844 bits per heavy atom. The van der Waals surface area contributed by atoms with Crippen LogP contribution in [-0.4, -0.2) is 96.9 Å². The third-order valence-corrected chi connectivity index (χ3v) is 6.99. The number of hydrogen-bond donors (Lipinski definition) is 9. The number of carboxylic acids is 1. The molecule has 0 heterocycles. The molecule has 256 valence electrons. The average Bonchev–Trinajstić information content (AvgIpc) is 2.98. The molecule has 1 amide bonds. The average molecular weight is 639 g/mol. The van der Waals surface area contributed by atoms with Gasteiger partial charge in [-0.2, -0.15) is 0 Å². The van der Waals surface area contributed by atoms with Gasteiger partial charge in [-0.05, 0) is 69.8 Å². The monoisotopic (exact) mass is 638 g/mol. The second-order valence-electron chi connectivity index (χ2n) is 11.1. The number of unbranched alkanes of at least 4 members (excludes halogenated alkanes) is 5. The van der Waals surface area contributed by atoms with Gasteiger partial charge in [0.05, 0.1) is 18.3 Å². The normalized spacial score (nSPS) is 15.4. The number of amides is 1. The number of carbonyl (C=O) groups is 3. The van der Waals surface area contributed by atoms with E-state index in [1.807, 2.05) is 48.7 Å². The van der Waals surface area contributed by atoms with Gasteiger partial charge in [-0.1, -0.05) is 55.9 Å². The third kappa shape index (κ3) is 23.7. The van der Waals surface area contributed by atoms with Crippen LogP contribution in [0.3, 0.4) is 0 Å². The second kappa shape index (κ2) is 25.9. The van der Waals surface area contributed by atoms with Crippen LogP contribution >= 0.6 is 0 Å². The van der Waals surface area contributed by atoms with Gasteiger partial charge in [0.25, 0.3) is 5.91 Å². The molecule has 0 aromatic heterocycles. The number of carbonyl (C=O) groups excluding carboxylic acids is 2. The van der Waals surface area contributed by atoms with Crippen molar-refractivity contribution in [1.82, 2.24) is 10.4 Å². The summed E-state index contributed by atoms with van der Waals surface area (Å²) in [6.45, 7) is 1.50. The van der Waals surface area contributed by atoms with Crippen molar-refractivity contribution in [2.45, 2.75) is 108 Å². The number of nitrogens with two attached hydrogens (primary N) is 1. The summed E-state index contributed by atoms with van der Waals surface area (Å²) in [7, 11) is 0. The highest BCUT2D eigenvalue weighted by Crippen LogP contribution is 2.19. The van der Waals surface area contributed by atoms with E-state index in [1.165, 1.54) is 0 Å². The smallest absolute Gasteiger partial charge is 0.322 e. The zero-order valence-electron chi connectivity index (χ0n) is 26.3. The predicted octanol–water partition coefficient (Wildman–Crippen LogP) is 2.33. The van der Waals surface area contributed by atoms with Crippen molar-refractivity contribution >= 4 is 23.6 Å². The molecule has 0 spiro atoms. The summed E-state index contributed by atoms with van der Waals surface area (Å²) in [5, 5.41) is 67.8. The molecule has 0 aliphatic heterocycles. The summed E-state index contributed by atoms with van der Waals surface area (Å²) in [6.07, 6.45) is 17.1. The number of nitrogens with zero attached hydrogens (tertiary/aromatic N) is 1. The van der Waals surface area contributed by atoms with Crippen molar-refractivity contribution in [2.75, 3.05) is 13.1 Å². The van der Waals surface area contributed by atoms with Gasteiger partial charge in [-0.3, -0.25) is 25.0 Å². The fourth-order valence-electron chi connectivity index (χ4n) is 4.19. The fraction of sp³-hybridized carbons (Fsp3) is 0.625. The zero-order valence-corrected chi connectivity index (χ0v) is 26.3. The molecular formula is C32H54N4O9. The molecule has 10 N–H and O–H groups in total. The maximum atomic E-state index is 11.9. The fourth-order valence-corrected chi connectivity index (χ4v) is 4.19. The lowest BCUT2D eigenvalue weighted by molar-refractivity contribution is -0.142. The quantitative estimate of drug-likeness (QED) is 0.0166. The van der Waals surface area contributed by atoms with E-state index in [0.717, 1.165) is 56.4 Å². The Balaban J connectivity index is 3.97. The molecule has 5 atom stereocenters. The van der Waals surface area contributed by atoms with E-state index < -0.39 is 42.8 Å². The number of aliphatic hydroxyl groups excluding tert-OH is 4. The van der Waals surface area contributed by atoms with Crippen LogP contribution < -0.4 is 11.1 Å². The van der Waals surface area contributed by atoms with Gasteiger partial charge in [0, 0.05) is 19.4 Å². The highest BCUT2D eigenvalue weighted by molar-refractivity contribution is 5.89. The van der Waals surface area contributed by atoms with Gasteiger partial charge in [0.2, 0.25) is 5.96 Å². The topological polar surface area (TPSA) is 238 Å². The molecule has 0 saturated carbocycles. The summed E-state index contributed by atoms with van der Waals surface area (Å²) in [5.41, 5.74) is 5.15. The lowest BCUT2D eigenvalue weighted by Gasteiger charge is -2.24. The number of hydrogen-bond acceptors (Lipinski definition) is 9. The molecule has 0 unspecified atom stereocenters. The molecule has 0 aromatic rings. The highest BCUT2D eigenvalue weighted by Gasteiger charge is 2.28. The Bertz CT molecular complexity index is 984. The highest BCUT2D eigenvalue weighted by atomic mass is 16.5. The summed E-state index contributed by atoms with van der Waals surface area (Å²) in [6, 6.07) is 0. The van der Waals surface area contributed by atoms with Crippen LogP contribution in [0.1, 0.15) is 84.0 Å². The summed E-state index contributed by atoms with van der Waals surface area (Å²) in [4.78, 5) is 34.1. The van der Waals surface area contributed by atoms with E-state index in [2.05, 4.69) is 0 Å². The van der Waals surface area contributed by atoms with Gasteiger partial charge in [0.15, 0.2) is 11.9 Å². The van der Waals surface area contributed by atoms with Crippen molar-refractivity contribution in [2.24, 2.45) is 11.7 Å². The predicted molar refractivity (Wildman–Crippen MR) is 171 cm³/mol. The summed E-state index contributed by atoms with van der Waals surface area (Å²) in [5.74, 6) is -2.74. The Hall–Kier alpha value is -3.36. The van der Waals surface area contributed by atoms with E-state index in [4.69, 9.17) is 16.2 Å². The number of carboxylic acid groups (broad SMARTS) is 1. The number of nitrogens with one attached hydrogen (secondary N) is 2. The van der Waals surface area contributed by atoms with Crippen LogP contribution in [0, 0.1) is 11.3 Å². The molecule has 0 fully saturated rings. The summed E-state index contributed by atoms with van der Waals surface area (Å²) < 4.78 is 0. The number of ketones is 1. The molecule has 13 heteroatoms. The Morgan fingerprint density at radius 2 is 1.42 bits per heavy atom. The van der Waals surface area contributed by atoms with Gasteiger partial charge in [-0.25, -0.2) is 5.06 Å². The molecule has 0 bridgehead atoms. The SMILES string of the molecule is C[C@@H](CCC/C=C/C=C\CCCC(=O)/C=C\C=C\CCCCCN(O)C(=N)N)[C@H](O)C[C@@H](O)C[C@H](O)[C@@H](O)C(=O)NCC(=O)O. The van der Waals surface area contributed by atoms with E-state index in [9.17, 15) is 40.0 Å². The van der Waals surface area contributed by atoms with E-state index in [-0.39, 0.29) is 30.5 Å². The minimum absolute atomic E-state index is 0.0358. The van der Waals surface area contributed by atoms with Gasteiger partial charge in [-0.15, -0.1) is 0 Å². The summed E-state index contributed by atoms with van der Waals surface area (Å²) >= 11 is 0. The maximum Gasteiger partial charge on any atom is 0.322 e. The number of allylic oxidation sites excluding steroid dienone is 8. The largest absolute Gasteiger partial charge is 0.480 e. The van der Waals surface area contributed by atoms with Gasteiger partial charge < -0.3 is 36.6 Å². The molecule has 0 aliphatic carbocycles. The van der Waals surface area contributed by atoms with Gasteiger partial charge in [0.1, 0.15) is 6.54 Å². The maximum absolute atomic E-state index is 11.9.